The van der Waals surface area contributed by atoms with E-state index in [2.05, 4.69) is 53.7 Å². The number of fused-ring (bicyclic) bond motifs is 5. The summed E-state index contributed by atoms with van der Waals surface area (Å²) in [5, 5.41) is 0. The molecule has 0 N–H and O–H groups in total. The van der Waals surface area contributed by atoms with Crippen LogP contribution in [0.15, 0.2) is 23.3 Å². The predicted molar refractivity (Wildman–Crippen MR) is 135 cm³/mol. The van der Waals surface area contributed by atoms with Crippen molar-refractivity contribution < 1.29 is 19.1 Å². The van der Waals surface area contributed by atoms with E-state index in [1.54, 1.807) is 0 Å². The highest BCUT2D eigenvalue weighted by atomic mass is 16.5. The molecule has 4 heteroatoms. The van der Waals surface area contributed by atoms with Crippen LogP contribution in [0.4, 0.5) is 0 Å². The average molecular weight is 471 g/mol. The molecular weight excluding hydrogens is 424 g/mol. The van der Waals surface area contributed by atoms with E-state index in [1.165, 1.54) is 37.8 Å². The largest absolute Gasteiger partial charge is 0.462 e. The third kappa shape index (κ3) is 4.28. The molecule has 0 heterocycles. The number of hydrogen-bond donors (Lipinski definition) is 0. The Bertz CT molecular complexity index is 892. The summed E-state index contributed by atoms with van der Waals surface area (Å²) in [4.78, 5) is 23.5. The molecule has 0 radical (unpaired) electrons. The average Bonchev–Trinajstić information content (AvgIpc) is 3.08. The van der Waals surface area contributed by atoms with E-state index in [4.69, 9.17) is 9.47 Å². The molecule has 2 saturated carbocycles. The molecule has 4 aliphatic carbocycles. The Labute approximate surface area is 206 Å². The highest BCUT2D eigenvalue weighted by Gasteiger charge is 2.58. The van der Waals surface area contributed by atoms with Gasteiger partial charge in [-0.3, -0.25) is 9.59 Å². The van der Waals surface area contributed by atoms with Crippen LogP contribution in [0.2, 0.25) is 0 Å². The van der Waals surface area contributed by atoms with Gasteiger partial charge in [0.15, 0.2) is 0 Å². The fourth-order valence-corrected chi connectivity index (χ4v) is 8.64. The Balaban J connectivity index is 1.56. The minimum atomic E-state index is -0.182. The van der Waals surface area contributed by atoms with Gasteiger partial charge in [-0.05, 0) is 72.5 Å². The molecule has 4 nitrogen and oxygen atoms in total. The van der Waals surface area contributed by atoms with Gasteiger partial charge >= 0.3 is 11.9 Å². The third-order valence-electron chi connectivity index (χ3n) is 10.1. The SMILES string of the molecule is CC(=O)O[C@H]1CC[C@@]2(C)C(=CC[C@@H]3[C@@H]2CC[C@]2(C)C([C@H](C)[C@@H](OC(C)=O)C(C)(C)C)=CC[C@@H]32)C1. The van der Waals surface area contributed by atoms with Gasteiger partial charge in [0.05, 0.1) is 0 Å². The van der Waals surface area contributed by atoms with Crippen molar-refractivity contribution in [2.45, 2.75) is 113 Å². The zero-order valence-corrected chi connectivity index (χ0v) is 22.7. The first-order valence-corrected chi connectivity index (χ1v) is 13.5. The lowest BCUT2D eigenvalue weighted by Crippen LogP contribution is -2.51. The van der Waals surface area contributed by atoms with Crippen molar-refractivity contribution in [1.82, 2.24) is 0 Å². The van der Waals surface area contributed by atoms with Crippen LogP contribution in [-0.4, -0.2) is 24.1 Å². The summed E-state index contributed by atoms with van der Waals surface area (Å²) < 4.78 is 11.5. The molecule has 190 valence electrons. The van der Waals surface area contributed by atoms with Crippen molar-refractivity contribution in [3.63, 3.8) is 0 Å². The van der Waals surface area contributed by atoms with Crippen molar-refractivity contribution in [1.29, 1.82) is 0 Å². The first-order valence-electron chi connectivity index (χ1n) is 13.5. The topological polar surface area (TPSA) is 52.6 Å². The zero-order valence-electron chi connectivity index (χ0n) is 22.7. The molecule has 0 spiro atoms. The molecule has 0 aromatic rings. The first-order chi connectivity index (χ1) is 15.8. The van der Waals surface area contributed by atoms with Gasteiger partial charge in [-0.2, -0.15) is 0 Å². The molecule has 8 atom stereocenters. The molecule has 0 aromatic carbocycles. The second kappa shape index (κ2) is 8.82. The summed E-state index contributed by atoms with van der Waals surface area (Å²) >= 11 is 0. The maximum atomic E-state index is 11.9. The monoisotopic (exact) mass is 470 g/mol. The van der Waals surface area contributed by atoms with Gasteiger partial charge in [0.2, 0.25) is 0 Å². The number of esters is 2. The zero-order chi connectivity index (χ0) is 25.1. The molecule has 2 fully saturated rings. The molecule has 0 aliphatic heterocycles. The summed E-state index contributed by atoms with van der Waals surface area (Å²) in [5.41, 5.74) is 3.38. The van der Waals surface area contributed by atoms with Crippen LogP contribution < -0.4 is 0 Å². The number of carbonyl (C=O) groups is 2. The van der Waals surface area contributed by atoms with Gasteiger partial charge in [-0.15, -0.1) is 0 Å². The quantitative estimate of drug-likeness (QED) is 0.327. The van der Waals surface area contributed by atoms with Gasteiger partial charge in [-0.1, -0.05) is 64.8 Å². The Kier molecular flexibility index (Phi) is 6.62. The molecule has 0 saturated heterocycles. The van der Waals surface area contributed by atoms with Crippen molar-refractivity contribution in [2.75, 3.05) is 0 Å². The predicted octanol–water partition coefficient (Wildman–Crippen LogP) is 7.03. The number of allylic oxidation sites excluding steroid dienone is 2. The Morgan fingerprint density at radius 2 is 1.65 bits per heavy atom. The molecule has 0 aromatic heterocycles. The van der Waals surface area contributed by atoms with Gasteiger partial charge in [0, 0.05) is 26.2 Å². The smallest absolute Gasteiger partial charge is 0.302 e. The van der Waals surface area contributed by atoms with Crippen LogP contribution in [0, 0.1) is 39.9 Å². The summed E-state index contributed by atoms with van der Waals surface area (Å²) in [5.74, 6) is 1.94. The van der Waals surface area contributed by atoms with Crippen LogP contribution in [0.1, 0.15) is 100 Å². The van der Waals surface area contributed by atoms with E-state index >= 15 is 0 Å². The van der Waals surface area contributed by atoms with Crippen LogP contribution in [0.25, 0.3) is 0 Å². The Morgan fingerprint density at radius 1 is 0.971 bits per heavy atom. The van der Waals surface area contributed by atoms with Gasteiger partial charge < -0.3 is 9.47 Å². The van der Waals surface area contributed by atoms with E-state index in [1.807, 2.05) is 0 Å². The molecule has 4 rings (SSSR count). The van der Waals surface area contributed by atoms with Crippen molar-refractivity contribution in [3.05, 3.63) is 23.3 Å². The summed E-state index contributed by atoms with van der Waals surface area (Å²) in [6.45, 7) is 16.9. The van der Waals surface area contributed by atoms with Crippen molar-refractivity contribution in [3.8, 4) is 0 Å². The van der Waals surface area contributed by atoms with Crippen LogP contribution in [0.3, 0.4) is 0 Å². The second-order valence-electron chi connectivity index (χ2n) is 13.3. The number of rotatable bonds is 4. The van der Waals surface area contributed by atoms with Gasteiger partial charge in [0.1, 0.15) is 12.2 Å². The van der Waals surface area contributed by atoms with E-state index in [9.17, 15) is 9.59 Å². The lowest BCUT2D eigenvalue weighted by atomic mass is 9.47. The third-order valence-corrected chi connectivity index (χ3v) is 10.1. The van der Waals surface area contributed by atoms with E-state index in [-0.39, 0.29) is 46.3 Å². The maximum Gasteiger partial charge on any atom is 0.302 e. The van der Waals surface area contributed by atoms with E-state index in [0.717, 1.165) is 32.1 Å². The Morgan fingerprint density at radius 3 is 2.26 bits per heavy atom. The minimum Gasteiger partial charge on any atom is -0.462 e. The fraction of sp³-hybridized carbons (Fsp3) is 0.800. The number of hydrogen-bond acceptors (Lipinski definition) is 4. The highest BCUT2D eigenvalue weighted by Crippen LogP contribution is 2.66. The lowest BCUT2D eigenvalue weighted by Gasteiger charge is -2.58. The molecular formula is C30H46O4. The second-order valence-corrected chi connectivity index (χ2v) is 13.3. The standard InChI is InChI=1S/C30H46O4/c1-18(27(28(4,5)6)34-20(3)32)24-11-12-25-23-10-9-21-17-22(33-19(2)31)13-15-29(21,7)26(23)14-16-30(24,25)8/h9,11,18,22-23,25-27H,10,12-17H2,1-8H3/t18-,22-,23-,25-,26-,27+,29-,30+/m0/s1. The summed E-state index contributed by atoms with van der Waals surface area (Å²) in [6.07, 6.45) is 12.7. The number of ether oxygens (including phenoxy) is 2. The van der Waals surface area contributed by atoms with Crippen LogP contribution in [-0.2, 0) is 19.1 Å². The van der Waals surface area contributed by atoms with Crippen LogP contribution >= 0.6 is 0 Å². The van der Waals surface area contributed by atoms with E-state index in [0.29, 0.717) is 17.8 Å². The molecule has 0 amide bonds. The normalized spacial score (nSPS) is 38.9. The highest BCUT2D eigenvalue weighted by molar-refractivity contribution is 5.66. The summed E-state index contributed by atoms with van der Waals surface area (Å²) in [7, 11) is 0. The van der Waals surface area contributed by atoms with Crippen molar-refractivity contribution in [2.24, 2.45) is 39.9 Å². The summed E-state index contributed by atoms with van der Waals surface area (Å²) in [6, 6.07) is 0. The van der Waals surface area contributed by atoms with Gasteiger partial charge in [0.25, 0.3) is 0 Å². The first kappa shape index (κ1) is 25.5. The lowest BCUT2D eigenvalue weighted by molar-refractivity contribution is -0.155. The van der Waals surface area contributed by atoms with E-state index < -0.39 is 0 Å². The minimum absolute atomic E-state index is 0.0541. The van der Waals surface area contributed by atoms with Crippen LogP contribution in [0.5, 0.6) is 0 Å². The maximum absolute atomic E-state index is 11.9. The van der Waals surface area contributed by atoms with Crippen molar-refractivity contribution >= 4 is 11.9 Å². The fourth-order valence-electron chi connectivity index (χ4n) is 8.64. The van der Waals surface area contributed by atoms with Gasteiger partial charge in [-0.25, -0.2) is 0 Å². The Hall–Kier alpha value is -1.58. The number of carbonyl (C=O) groups excluding carboxylic acids is 2. The molecule has 0 unspecified atom stereocenters. The molecule has 0 bridgehead atoms. The molecule has 34 heavy (non-hydrogen) atoms. The molecule has 4 aliphatic rings.